The van der Waals surface area contributed by atoms with Crippen LogP contribution in [0.15, 0.2) is 0 Å². The van der Waals surface area contributed by atoms with Gasteiger partial charge in [0.15, 0.2) is 12.3 Å². The quantitative estimate of drug-likeness (QED) is 0.710. The third kappa shape index (κ3) is 5.41. The van der Waals surface area contributed by atoms with Gasteiger partial charge in [-0.25, -0.2) is 4.39 Å². The number of hydrogen-bond acceptors (Lipinski definition) is 6. The Balaban J connectivity index is 2.81. The van der Waals surface area contributed by atoms with Crippen molar-refractivity contribution in [1.29, 1.82) is 0 Å². The summed E-state index contributed by atoms with van der Waals surface area (Å²) in [6.45, 7) is 10.0. The predicted octanol–water partition coefficient (Wildman–Crippen LogP) is 2.29. The van der Waals surface area contributed by atoms with Crippen molar-refractivity contribution in [3.05, 3.63) is 0 Å². The van der Waals surface area contributed by atoms with Crippen LogP contribution in [0.1, 0.15) is 41.5 Å². The van der Waals surface area contributed by atoms with Crippen LogP contribution in [-0.4, -0.2) is 56.7 Å². The number of esters is 2. The molecule has 1 unspecified atom stereocenters. The smallest absolute Gasteiger partial charge is 0.311 e. The van der Waals surface area contributed by atoms with Crippen molar-refractivity contribution in [2.75, 3.05) is 20.3 Å². The Morgan fingerprint density at radius 2 is 1.50 bits per heavy atom. The van der Waals surface area contributed by atoms with Crippen LogP contribution in [0.3, 0.4) is 0 Å². The standard InChI is InChI=1S/C17H29FO6/c1-16(2,3)14(19)22-9-11-13(24-15(20)17(4,5)6)12(18)10(23-11)8-21-7/h10-13H,8-9H2,1-7H3/t10?,11-,12-,13-/m1/s1. The van der Waals surface area contributed by atoms with Gasteiger partial charge < -0.3 is 18.9 Å². The number of alkyl halides is 1. The van der Waals surface area contributed by atoms with Crippen molar-refractivity contribution in [3.8, 4) is 0 Å². The van der Waals surface area contributed by atoms with E-state index < -0.39 is 47.3 Å². The van der Waals surface area contributed by atoms with Crippen LogP contribution >= 0.6 is 0 Å². The molecule has 7 heteroatoms. The molecular formula is C17H29FO6. The van der Waals surface area contributed by atoms with Gasteiger partial charge in [-0.05, 0) is 41.5 Å². The first-order chi connectivity index (χ1) is 10.9. The topological polar surface area (TPSA) is 71.1 Å². The van der Waals surface area contributed by atoms with E-state index >= 15 is 0 Å². The number of carbonyl (C=O) groups is 2. The summed E-state index contributed by atoms with van der Waals surface area (Å²) in [6, 6.07) is 0. The maximum Gasteiger partial charge on any atom is 0.311 e. The van der Waals surface area contributed by atoms with Crippen LogP contribution in [0.4, 0.5) is 4.39 Å². The minimum absolute atomic E-state index is 0.0223. The summed E-state index contributed by atoms with van der Waals surface area (Å²) < 4.78 is 35.6. The van der Waals surface area contributed by atoms with Crippen LogP contribution in [0.5, 0.6) is 0 Å². The molecule has 1 heterocycles. The number of carbonyl (C=O) groups excluding carboxylic acids is 2. The average Bonchev–Trinajstić information content (AvgIpc) is 2.72. The molecule has 0 radical (unpaired) electrons. The second-order valence-electron chi connectivity index (χ2n) is 8.08. The molecule has 0 spiro atoms. The van der Waals surface area contributed by atoms with Gasteiger partial charge in [-0.1, -0.05) is 0 Å². The summed E-state index contributed by atoms with van der Waals surface area (Å²) in [4.78, 5) is 24.0. The Kier molecular flexibility index (Phi) is 6.75. The summed E-state index contributed by atoms with van der Waals surface area (Å²) in [5.41, 5.74) is -1.46. The molecule has 0 aromatic carbocycles. The van der Waals surface area contributed by atoms with Gasteiger partial charge in [0.1, 0.15) is 18.8 Å². The number of rotatable bonds is 5. The van der Waals surface area contributed by atoms with Crippen molar-refractivity contribution in [1.82, 2.24) is 0 Å². The normalized spacial score (nSPS) is 27.8. The van der Waals surface area contributed by atoms with E-state index in [4.69, 9.17) is 18.9 Å². The Hall–Kier alpha value is -1.21. The second-order valence-corrected chi connectivity index (χ2v) is 8.08. The van der Waals surface area contributed by atoms with Gasteiger partial charge in [0.25, 0.3) is 0 Å². The molecular weight excluding hydrogens is 319 g/mol. The summed E-state index contributed by atoms with van der Waals surface area (Å²) in [5.74, 6) is -0.971. The molecule has 1 rings (SSSR count). The van der Waals surface area contributed by atoms with Crippen molar-refractivity contribution < 1.29 is 32.9 Å². The SMILES string of the molecule is COCC1O[C@H](COC(=O)C(C)(C)C)[C@@H](OC(=O)C(C)(C)C)[C@@H]1F. The third-order valence-corrected chi connectivity index (χ3v) is 3.56. The zero-order chi connectivity index (χ0) is 18.7. The first-order valence-electron chi connectivity index (χ1n) is 8.04. The molecule has 140 valence electrons. The highest BCUT2D eigenvalue weighted by Gasteiger charge is 2.49. The molecule has 1 aliphatic heterocycles. The Labute approximate surface area is 143 Å². The largest absolute Gasteiger partial charge is 0.462 e. The monoisotopic (exact) mass is 348 g/mol. The van der Waals surface area contributed by atoms with Crippen LogP contribution in [0.25, 0.3) is 0 Å². The summed E-state index contributed by atoms with van der Waals surface area (Å²) in [5, 5.41) is 0. The first-order valence-corrected chi connectivity index (χ1v) is 8.04. The molecule has 4 atom stereocenters. The summed E-state index contributed by atoms with van der Waals surface area (Å²) in [7, 11) is 1.43. The van der Waals surface area contributed by atoms with Gasteiger partial charge in [-0.15, -0.1) is 0 Å². The molecule has 1 saturated heterocycles. The Bertz CT molecular complexity index is 451. The molecule has 0 N–H and O–H groups in total. The minimum Gasteiger partial charge on any atom is -0.462 e. The van der Waals surface area contributed by atoms with Crippen molar-refractivity contribution >= 4 is 11.9 Å². The number of methoxy groups -OCH3 is 1. The highest BCUT2D eigenvalue weighted by Crippen LogP contribution is 2.30. The van der Waals surface area contributed by atoms with Crippen molar-refractivity contribution in [3.63, 3.8) is 0 Å². The van der Waals surface area contributed by atoms with E-state index in [9.17, 15) is 14.0 Å². The minimum atomic E-state index is -1.55. The fourth-order valence-corrected chi connectivity index (χ4v) is 2.04. The lowest BCUT2D eigenvalue weighted by Crippen LogP contribution is -2.40. The molecule has 0 bridgehead atoms. The maximum absolute atomic E-state index is 14.6. The third-order valence-electron chi connectivity index (χ3n) is 3.56. The summed E-state index contributed by atoms with van der Waals surface area (Å²) >= 11 is 0. The van der Waals surface area contributed by atoms with Gasteiger partial charge >= 0.3 is 11.9 Å². The van der Waals surface area contributed by atoms with Gasteiger partial charge in [-0.3, -0.25) is 9.59 Å². The van der Waals surface area contributed by atoms with E-state index in [-0.39, 0.29) is 13.2 Å². The van der Waals surface area contributed by atoms with E-state index in [1.807, 2.05) is 0 Å². The number of ether oxygens (including phenoxy) is 4. The zero-order valence-electron chi connectivity index (χ0n) is 15.6. The molecule has 0 saturated carbocycles. The number of halogens is 1. The van der Waals surface area contributed by atoms with E-state index in [0.29, 0.717) is 0 Å². The van der Waals surface area contributed by atoms with Gasteiger partial charge in [-0.2, -0.15) is 0 Å². The molecule has 0 aromatic heterocycles. The molecule has 24 heavy (non-hydrogen) atoms. The highest BCUT2D eigenvalue weighted by atomic mass is 19.1. The lowest BCUT2D eigenvalue weighted by Gasteiger charge is -2.25. The molecule has 1 fully saturated rings. The highest BCUT2D eigenvalue weighted by molar-refractivity contribution is 5.76. The Morgan fingerprint density at radius 1 is 0.958 bits per heavy atom. The van der Waals surface area contributed by atoms with E-state index in [0.717, 1.165) is 0 Å². The van der Waals surface area contributed by atoms with Crippen molar-refractivity contribution in [2.45, 2.75) is 66.0 Å². The summed E-state index contributed by atoms with van der Waals surface area (Å²) in [6.07, 6.45) is -4.41. The number of hydrogen-bond donors (Lipinski definition) is 0. The second kappa shape index (κ2) is 7.78. The zero-order valence-corrected chi connectivity index (χ0v) is 15.6. The fraction of sp³-hybridized carbons (Fsp3) is 0.882. The van der Waals surface area contributed by atoms with Crippen LogP contribution in [0.2, 0.25) is 0 Å². The van der Waals surface area contributed by atoms with Crippen LogP contribution in [0, 0.1) is 10.8 Å². The van der Waals surface area contributed by atoms with Gasteiger partial charge in [0.2, 0.25) is 0 Å². The van der Waals surface area contributed by atoms with E-state index in [1.165, 1.54) is 7.11 Å². The molecule has 6 nitrogen and oxygen atoms in total. The Morgan fingerprint density at radius 3 is 1.96 bits per heavy atom. The van der Waals surface area contributed by atoms with Gasteiger partial charge in [0.05, 0.1) is 17.4 Å². The average molecular weight is 348 g/mol. The molecule has 0 aromatic rings. The predicted molar refractivity (Wildman–Crippen MR) is 85.2 cm³/mol. The lowest BCUT2D eigenvalue weighted by atomic mass is 9.97. The van der Waals surface area contributed by atoms with E-state index in [1.54, 1.807) is 41.5 Å². The van der Waals surface area contributed by atoms with Crippen LogP contribution in [-0.2, 0) is 28.5 Å². The lowest BCUT2D eigenvalue weighted by molar-refractivity contribution is -0.168. The molecule has 0 aliphatic carbocycles. The maximum atomic E-state index is 14.6. The fourth-order valence-electron chi connectivity index (χ4n) is 2.04. The first kappa shape index (κ1) is 20.8. The van der Waals surface area contributed by atoms with E-state index in [2.05, 4.69) is 0 Å². The molecule has 0 amide bonds. The van der Waals surface area contributed by atoms with Crippen molar-refractivity contribution in [2.24, 2.45) is 10.8 Å². The van der Waals surface area contributed by atoms with Gasteiger partial charge in [0, 0.05) is 7.11 Å². The molecule has 1 aliphatic rings. The van der Waals surface area contributed by atoms with Crippen LogP contribution < -0.4 is 0 Å².